The van der Waals surface area contributed by atoms with E-state index in [0.717, 1.165) is 31.8 Å². The molecule has 4 atom stereocenters. The summed E-state index contributed by atoms with van der Waals surface area (Å²) in [7, 11) is 1.71. The van der Waals surface area contributed by atoms with E-state index in [4.69, 9.17) is 9.47 Å². The molecular formula is C26H33N3O3. The number of fused-ring (bicyclic) bond motifs is 3. The Morgan fingerprint density at radius 2 is 1.75 bits per heavy atom. The van der Waals surface area contributed by atoms with Crippen LogP contribution in [0.3, 0.4) is 0 Å². The van der Waals surface area contributed by atoms with Gasteiger partial charge >= 0.3 is 0 Å². The van der Waals surface area contributed by atoms with E-state index in [0.29, 0.717) is 13.1 Å². The second-order valence-electron chi connectivity index (χ2n) is 9.35. The Hall–Kier alpha value is -2.73. The van der Waals surface area contributed by atoms with Crippen molar-refractivity contribution in [1.29, 1.82) is 0 Å². The number of hydrogen-bond donors (Lipinski definition) is 0. The summed E-state index contributed by atoms with van der Waals surface area (Å²) in [5.74, 6) is 1.06. The number of ether oxygens (including phenoxy) is 2. The summed E-state index contributed by atoms with van der Waals surface area (Å²) in [5.41, 5.74) is 3.68. The summed E-state index contributed by atoms with van der Waals surface area (Å²) >= 11 is 0. The molecule has 6 heteroatoms. The molecule has 5 rings (SSSR count). The minimum Gasteiger partial charge on any atom is -0.497 e. The van der Waals surface area contributed by atoms with Gasteiger partial charge in [-0.25, -0.2) is 0 Å². The lowest BCUT2D eigenvalue weighted by atomic mass is 9.82. The Morgan fingerprint density at radius 1 is 1.00 bits per heavy atom. The van der Waals surface area contributed by atoms with Crippen LogP contribution in [0, 0.1) is 5.92 Å². The number of morpholine rings is 1. The minimum atomic E-state index is -0.0695. The summed E-state index contributed by atoms with van der Waals surface area (Å²) in [6.07, 6.45) is 0.916. The average molecular weight is 436 g/mol. The topological polar surface area (TPSA) is 45.2 Å². The van der Waals surface area contributed by atoms with Crippen LogP contribution in [0.4, 0.5) is 11.4 Å². The molecule has 2 saturated heterocycles. The van der Waals surface area contributed by atoms with Crippen LogP contribution in [0.25, 0.3) is 0 Å². The molecule has 0 radical (unpaired) electrons. The summed E-state index contributed by atoms with van der Waals surface area (Å²) in [4.78, 5) is 20.8. The van der Waals surface area contributed by atoms with Gasteiger partial charge in [0, 0.05) is 50.2 Å². The van der Waals surface area contributed by atoms with Gasteiger partial charge in [0.05, 0.1) is 31.3 Å². The number of anilines is 2. The fourth-order valence-electron chi connectivity index (χ4n) is 5.65. The van der Waals surface area contributed by atoms with Gasteiger partial charge in [-0.05, 0) is 44.0 Å². The standard InChI is InChI=1S/C26H33N3O3/c1-18-15-28(16-19(2)32-18)26(30)23-13-20-9-10-22(31-3)14-24(20)29-12-11-27(17-25(23)29)21-7-5-4-6-8-21/h4-10,14,18-19,23,25H,11-13,15-17H2,1-3H3. The molecule has 2 fully saturated rings. The van der Waals surface area contributed by atoms with Crippen LogP contribution in [0.1, 0.15) is 19.4 Å². The predicted molar refractivity (Wildman–Crippen MR) is 127 cm³/mol. The molecule has 0 spiro atoms. The molecular weight excluding hydrogens is 402 g/mol. The van der Waals surface area contributed by atoms with Crippen LogP contribution in [-0.4, -0.2) is 68.9 Å². The monoisotopic (exact) mass is 435 g/mol. The van der Waals surface area contributed by atoms with E-state index in [1.165, 1.54) is 16.9 Å². The van der Waals surface area contributed by atoms with Gasteiger partial charge in [0.1, 0.15) is 5.75 Å². The number of amides is 1. The maximum Gasteiger partial charge on any atom is 0.228 e. The minimum absolute atomic E-state index is 0.0695. The molecule has 0 aromatic heterocycles. The third-order valence-corrected chi connectivity index (χ3v) is 7.09. The zero-order chi connectivity index (χ0) is 22.2. The Balaban J connectivity index is 1.47. The van der Waals surface area contributed by atoms with Crippen LogP contribution in [-0.2, 0) is 16.0 Å². The van der Waals surface area contributed by atoms with E-state index in [1.54, 1.807) is 7.11 Å². The third-order valence-electron chi connectivity index (χ3n) is 7.09. The van der Waals surface area contributed by atoms with Crippen LogP contribution in [0.5, 0.6) is 5.75 Å². The number of hydrogen-bond acceptors (Lipinski definition) is 5. The first-order chi connectivity index (χ1) is 15.5. The molecule has 2 aromatic carbocycles. The second kappa shape index (κ2) is 8.66. The number of benzene rings is 2. The normalized spacial score (nSPS) is 27.5. The van der Waals surface area contributed by atoms with E-state index in [-0.39, 0.29) is 30.1 Å². The lowest BCUT2D eigenvalue weighted by Gasteiger charge is -2.51. The summed E-state index contributed by atoms with van der Waals surface area (Å²) < 4.78 is 11.4. The third kappa shape index (κ3) is 3.92. The van der Waals surface area contributed by atoms with Crippen molar-refractivity contribution >= 4 is 17.3 Å². The Labute approximate surface area is 190 Å². The number of nitrogens with zero attached hydrogens (tertiary/aromatic N) is 3. The van der Waals surface area contributed by atoms with E-state index >= 15 is 0 Å². The van der Waals surface area contributed by atoms with Crippen molar-refractivity contribution in [3.8, 4) is 5.75 Å². The summed E-state index contributed by atoms with van der Waals surface area (Å²) in [5, 5.41) is 0. The zero-order valence-corrected chi connectivity index (χ0v) is 19.2. The Morgan fingerprint density at radius 3 is 2.47 bits per heavy atom. The van der Waals surface area contributed by atoms with Crippen LogP contribution in [0.2, 0.25) is 0 Å². The number of carbonyl (C=O) groups excluding carboxylic acids is 1. The highest BCUT2D eigenvalue weighted by molar-refractivity contribution is 5.83. The molecule has 32 heavy (non-hydrogen) atoms. The lowest BCUT2D eigenvalue weighted by molar-refractivity contribution is -0.148. The van der Waals surface area contributed by atoms with Gasteiger partial charge in [-0.2, -0.15) is 0 Å². The van der Waals surface area contributed by atoms with Gasteiger partial charge in [0.2, 0.25) is 5.91 Å². The molecule has 3 aliphatic heterocycles. The van der Waals surface area contributed by atoms with Crippen LogP contribution < -0.4 is 14.5 Å². The summed E-state index contributed by atoms with van der Waals surface area (Å²) in [6.45, 7) is 8.12. The van der Waals surface area contributed by atoms with Crippen molar-refractivity contribution < 1.29 is 14.3 Å². The van der Waals surface area contributed by atoms with Crippen molar-refractivity contribution in [1.82, 2.24) is 4.90 Å². The molecule has 170 valence electrons. The first kappa shape index (κ1) is 21.1. The highest BCUT2D eigenvalue weighted by Gasteiger charge is 2.44. The molecule has 0 N–H and O–H groups in total. The van der Waals surface area contributed by atoms with Crippen molar-refractivity contribution in [2.75, 3.05) is 49.6 Å². The molecule has 6 nitrogen and oxygen atoms in total. The Bertz CT molecular complexity index is 956. The van der Waals surface area contributed by atoms with E-state index in [2.05, 4.69) is 66.1 Å². The smallest absolute Gasteiger partial charge is 0.228 e. The number of para-hydroxylation sites is 1. The molecule has 0 bridgehead atoms. The number of carbonyl (C=O) groups is 1. The molecule has 1 amide bonds. The van der Waals surface area contributed by atoms with Crippen molar-refractivity contribution in [2.45, 2.75) is 38.5 Å². The highest BCUT2D eigenvalue weighted by Crippen LogP contribution is 2.39. The SMILES string of the molecule is COc1ccc2c(c1)N1CCN(c3ccccc3)CC1C(C(=O)N1CC(C)OC(C)C1)C2. The van der Waals surface area contributed by atoms with Crippen LogP contribution >= 0.6 is 0 Å². The van der Waals surface area contributed by atoms with E-state index in [1.807, 2.05) is 11.0 Å². The van der Waals surface area contributed by atoms with Gasteiger partial charge < -0.3 is 24.2 Å². The molecule has 2 aromatic rings. The quantitative estimate of drug-likeness (QED) is 0.741. The number of rotatable bonds is 3. The highest BCUT2D eigenvalue weighted by atomic mass is 16.5. The van der Waals surface area contributed by atoms with E-state index in [9.17, 15) is 4.79 Å². The first-order valence-electron chi connectivity index (χ1n) is 11.7. The average Bonchev–Trinajstić information content (AvgIpc) is 2.82. The van der Waals surface area contributed by atoms with Gasteiger partial charge in [-0.3, -0.25) is 4.79 Å². The number of piperazine rings is 1. The van der Waals surface area contributed by atoms with Crippen molar-refractivity contribution in [3.63, 3.8) is 0 Å². The molecule has 3 aliphatic rings. The second-order valence-corrected chi connectivity index (χ2v) is 9.35. The van der Waals surface area contributed by atoms with Gasteiger partial charge in [-0.15, -0.1) is 0 Å². The van der Waals surface area contributed by atoms with Gasteiger partial charge in [-0.1, -0.05) is 24.3 Å². The largest absolute Gasteiger partial charge is 0.497 e. The fourth-order valence-corrected chi connectivity index (χ4v) is 5.65. The number of methoxy groups -OCH3 is 1. The Kier molecular flexibility index (Phi) is 5.72. The predicted octanol–water partition coefficient (Wildman–Crippen LogP) is 3.20. The molecule has 0 saturated carbocycles. The molecule has 4 unspecified atom stereocenters. The van der Waals surface area contributed by atoms with Gasteiger partial charge in [0.25, 0.3) is 0 Å². The van der Waals surface area contributed by atoms with Gasteiger partial charge in [0.15, 0.2) is 0 Å². The maximum absolute atomic E-state index is 13.9. The molecule has 3 heterocycles. The summed E-state index contributed by atoms with van der Waals surface area (Å²) in [6, 6.07) is 17.0. The van der Waals surface area contributed by atoms with Crippen molar-refractivity contribution in [2.24, 2.45) is 5.92 Å². The first-order valence-corrected chi connectivity index (χ1v) is 11.7. The fraction of sp³-hybridized carbons (Fsp3) is 0.500. The zero-order valence-electron chi connectivity index (χ0n) is 19.2. The maximum atomic E-state index is 13.9. The lowest BCUT2D eigenvalue weighted by Crippen LogP contribution is -2.62. The van der Waals surface area contributed by atoms with Crippen molar-refractivity contribution in [3.05, 3.63) is 54.1 Å². The van der Waals surface area contributed by atoms with Crippen LogP contribution in [0.15, 0.2) is 48.5 Å². The molecule has 0 aliphatic carbocycles. The van der Waals surface area contributed by atoms with E-state index < -0.39 is 0 Å².